The lowest BCUT2D eigenvalue weighted by molar-refractivity contribution is 0.330. The monoisotopic (exact) mass is 256 g/mol. The average Bonchev–Trinajstić information content (AvgIpc) is 2.75. The van der Waals surface area contributed by atoms with Gasteiger partial charge in [0.2, 0.25) is 0 Å². The van der Waals surface area contributed by atoms with Crippen LogP contribution in [0.15, 0.2) is 46.5 Å². The molecule has 0 spiro atoms. The average molecular weight is 256 g/mol. The van der Waals surface area contributed by atoms with Crippen molar-refractivity contribution in [3.8, 4) is 0 Å². The van der Waals surface area contributed by atoms with E-state index in [4.69, 9.17) is 4.52 Å². The Hall–Kier alpha value is -1.87. The summed E-state index contributed by atoms with van der Waals surface area (Å²) in [6, 6.07) is 12.4. The number of rotatable bonds is 5. The number of nitrogens with zero attached hydrogens (tertiary/aromatic N) is 2. The molecule has 3 heteroatoms. The molecule has 2 aromatic rings. The highest BCUT2D eigenvalue weighted by Gasteiger charge is 2.05. The topological polar surface area (TPSA) is 29.3 Å². The van der Waals surface area contributed by atoms with E-state index in [0.717, 1.165) is 24.5 Å². The molecule has 0 N–H and O–H groups in total. The van der Waals surface area contributed by atoms with E-state index >= 15 is 0 Å². The number of hydrogen-bond donors (Lipinski definition) is 0. The van der Waals surface area contributed by atoms with Gasteiger partial charge in [0.25, 0.3) is 0 Å². The second-order valence-electron chi connectivity index (χ2n) is 5.00. The molecule has 0 unspecified atom stereocenters. The fourth-order valence-electron chi connectivity index (χ4n) is 2.13. The number of likely N-dealkylation sites (N-methyl/N-ethyl adjacent to an activating group) is 1. The van der Waals surface area contributed by atoms with Crippen molar-refractivity contribution < 1.29 is 4.52 Å². The zero-order valence-corrected chi connectivity index (χ0v) is 11.8. The molecule has 0 amide bonds. The van der Waals surface area contributed by atoms with Gasteiger partial charge >= 0.3 is 0 Å². The summed E-state index contributed by atoms with van der Waals surface area (Å²) in [5.74, 6) is 0.861. The predicted molar refractivity (Wildman–Crippen MR) is 77.7 cm³/mol. The van der Waals surface area contributed by atoms with Gasteiger partial charge in [-0.2, -0.15) is 0 Å². The molecular weight excluding hydrogens is 236 g/mol. The minimum atomic E-state index is 0.803. The summed E-state index contributed by atoms with van der Waals surface area (Å²) in [5.41, 5.74) is 3.55. The number of aryl methyl sites for hydroxylation is 1. The largest absolute Gasteiger partial charge is 0.361 e. The first-order valence-electron chi connectivity index (χ1n) is 6.46. The first-order valence-corrected chi connectivity index (χ1v) is 6.46. The van der Waals surface area contributed by atoms with Crippen molar-refractivity contribution in [3.05, 3.63) is 59.0 Å². The Bertz CT molecular complexity index is 543. The van der Waals surface area contributed by atoms with E-state index in [1.807, 2.05) is 19.1 Å². The van der Waals surface area contributed by atoms with Crippen LogP contribution >= 0.6 is 0 Å². The zero-order chi connectivity index (χ0) is 13.7. The SMILES string of the molecule is CC(=Cc1ccccc1)CN(C)Cc1cc(C)on1. The highest BCUT2D eigenvalue weighted by Crippen LogP contribution is 2.09. The van der Waals surface area contributed by atoms with E-state index in [1.165, 1.54) is 11.1 Å². The Morgan fingerprint density at radius 1 is 1.32 bits per heavy atom. The van der Waals surface area contributed by atoms with Crippen molar-refractivity contribution in [2.75, 3.05) is 13.6 Å². The molecular formula is C16H20N2O. The van der Waals surface area contributed by atoms with Crippen molar-refractivity contribution in [2.45, 2.75) is 20.4 Å². The summed E-state index contributed by atoms with van der Waals surface area (Å²) < 4.78 is 5.07. The quantitative estimate of drug-likeness (QED) is 0.819. The molecule has 0 atom stereocenters. The molecule has 1 heterocycles. The van der Waals surface area contributed by atoms with Gasteiger partial charge < -0.3 is 4.52 Å². The van der Waals surface area contributed by atoms with E-state index in [0.29, 0.717) is 0 Å². The van der Waals surface area contributed by atoms with Gasteiger partial charge in [0.05, 0.1) is 5.69 Å². The Labute approximate surface area is 114 Å². The third-order valence-electron chi connectivity index (χ3n) is 2.84. The number of aromatic nitrogens is 1. The molecule has 0 bridgehead atoms. The first-order chi connectivity index (χ1) is 9.13. The van der Waals surface area contributed by atoms with E-state index in [2.05, 4.69) is 54.4 Å². The van der Waals surface area contributed by atoms with E-state index in [-0.39, 0.29) is 0 Å². The van der Waals surface area contributed by atoms with Crippen molar-refractivity contribution >= 4 is 6.08 Å². The van der Waals surface area contributed by atoms with E-state index in [9.17, 15) is 0 Å². The first kappa shape index (κ1) is 13.6. The van der Waals surface area contributed by atoms with Gasteiger partial charge in [-0.1, -0.05) is 47.1 Å². The van der Waals surface area contributed by atoms with Gasteiger partial charge in [0.1, 0.15) is 5.76 Å². The normalized spacial score (nSPS) is 12.1. The highest BCUT2D eigenvalue weighted by atomic mass is 16.5. The van der Waals surface area contributed by atoms with Crippen LogP contribution < -0.4 is 0 Å². The van der Waals surface area contributed by atoms with Gasteiger partial charge in [-0.15, -0.1) is 0 Å². The van der Waals surface area contributed by atoms with Crippen LogP contribution in [0.4, 0.5) is 0 Å². The number of hydrogen-bond acceptors (Lipinski definition) is 3. The Morgan fingerprint density at radius 2 is 2.05 bits per heavy atom. The Balaban J connectivity index is 1.91. The minimum Gasteiger partial charge on any atom is -0.361 e. The zero-order valence-electron chi connectivity index (χ0n) is 11.8. The maximum absolute atomic E-state index is 5.07. The summed E-state index contributed by atoms with van der Waals surface area (Å²) in [4.78, 5) is 2.23. The maximum Gasteiger partial charge on any atom is 0.133 e. The molecule has 1 aromatic carbocycles. The van der Waals surface area contributed by atoms with Crippen LogP contribution in [0.25, 0.3) is 6.08 Å². The van der Waals surface area contributed by atoms with Crippen LogP contribution in [0.1, 0.15) is 23.9 Å². The van der Waals surface area contributed by atoms with Gasteiger partial charge in [-0.25, -0.2) is 0 Å². The molecule has 0 aliphatic heterocycles. The molecule has 0 aliphatic carbocycles. The van der Waals surface area contributed by atoms with Crippen LogP contribution in [0.3, 0.4) is 0 Å². The fourth-order valence-corrected chi connectivity index (χ4v) is 2.13. The van der Waals surface area contributed by atoms with Crippen molar-refractivity contribution in [1.82, 2.24) is 10.1 Å². The molecule has 0 saturated heterocycles. The minimum absolute atomic E-state index is 0.803. The lowest BCUT2D eigenvalue weighted by atomic mass is 10.1. The molecule has 0 fully saturated rings. The second kappa shape index (κ2) is 6.34. The van der Waals surface area contributed by atoms with Crippen molar-refractivity contribution in [1.29, 1.82) is 0 Å². The predicted octanol–water partition coefficient (Wildman–Crippen LogP) is 3.52. The summed E-state index contributed by atoms with van der Waals surface area (Å²) in [7, 11) is 2.09. The summed E-state index contributed by atoms with van der Waals surface area (Å²) >= 11 is 0. The fraction of sp³-hybridized carbons (Fsp3) is 0.312. The molecule has 0 saturated carbocycles. The Morgan fingerprint density at radius 3 is 2.68 bits per heavy atom. The lowest BCUT2D eigenvalue weighted by Gasteiger charge is -2.15. The molecule has 19 heavy (non-hydrogen) atoms. The van der Waals surface area contributed by atoms with Crippen LogP contribution in [0.2, 0.25) is 0 Å². The van der Waals surface area contributed by atoms with Crippen LogP contribution in [-0.2, 0) is 6.54 Å². The second-order valence-corrected chi connectivity index (χ2v) is 5.00. The molecule has 0 aliphatic rings. The van der Waals surface area contributed by atoms with Gasteiger partial charge in [-0.3, -0.25) is 4.90 Å². The lowest BCUT2D eigenvalue weighted by Crippen LogP contribution is -2.20. The molecule has 1 aromatic heterocycles. The summed E-state index contributed by atoms with van der Waals surface area (Å²) in [6.07, 6.45) is 2.21. The van der Waals surface area contributed by atoms with Crippen LogP contribution in [0.5, 0.6) is 0 Å². The molecule has 2 rings (SSSR count). The van der Waals surface area contributed by atoms with Gasteiger partial charge in [0.15, 0.2) is 0 Å². The van der Waals surface area contributed by atoms with Crippen LogP contribution in [-0.4, -0.2) is 23.6 Å². The number of benzene rings is 1. The van der Waals surface area contributed by atoms with E-state index in [1.54, 1.807) is 0 Å². The van der Waals surface area contributed by atoms with Crippen molar-refractivity contribution in [2.24, 2.45) is 0 Å². The van der Waals surface area contributed by atoms with Crippen molar-refractivity contribution in [3.63, 3.8) is 0 Å². The van der Waals surface area contributed by atoms with E-state index < -0.39 is 0 Å². The third-order valence-corrected chi connectivity index (χ3v) is 2.84. The third kappa shape index (κ3) is 4.38. The van der Waals surface area contributed by atoms with Gasteiger partial charge in [-0.05, 0) is 26.5 Å². The Kier molecular flexibility index (Phi) is 4.53. The molecule has 0 radical (unpaired) electrons. The smallest absolute Gasteiger partial charge is 0.133 e. The highest BCUT2D eigenvalue weighted by molar-refractivity contribution is 5.52. The molecule has 3 nitrogen and oxygen atoms in total. The maximum atomic E-state index is 5.07. The molecule has 100 valence electrons. The summed E-state index contributed by atoms with van der Waals surface area (Å²) in [6.45, 7) is 5.78. The summed E-state index contributed by atoms with van der Waals surface area (Å²) in [5, 5.41) is 4.01. The van der Waals surface area contributed by atoms with Gasteiger partial charge in [0, 0.05) is 19.2 Å². The standard InChI is InChI=1S/C16H20N2O/c1-13(9-15-7-5-4-6-8-15)11-18(3)12-16-10-14(2)19-17-16/h4-10H,11-12H2,1-3H3. The van der Waals surface area contributed by atoms with Crippen LogP contribution in [0, 0.1) is 6.92 Å².